The molecule has 3 aliphatic heterocycles. The molecule has 2 saturated heterocycles. The van der Waals surface area contributed by atoms with Crippen molar-refractivity contribution >= 4 is 29.3 Å². The van der Waals surface area contributed by atoms with E-state index in [2.05, 4.69) is 5.32 Å². The van der Waals surface area contributed by atoms with Crippen LogP contribution in [0.15, 0.2) is 54.6 Å². The van der Waals surface area contributed by atoms with Crippen molar-refractivity contribution in [2.45, 2.75) is 24.4 Å². The number of benzene rings is 2. The van der Waals surface area contributed by atoms with Crippen LogP contribution < -0.4 is 16.4 Å². The average Bonchev–Trinajstić information content (AvgIpc) is 3.32. The number of likely N-dealkylation sites (tertiary alicyclic amines) is 1. The molecule has 0 bridgehead atoms. The third kappa shape index (κ3) is 2.79. The van der Waals surface area contributed by atoms with E-state index >= 15 is 0 Å². The molecular formula is C23H23N4O4+. The SMILES string of the molecule is NC(=O)C[C@@H]1[NH2+][C@]2(C(=O)Nc3ccccc32)[C@@H]2C(=O)N(CCc3ccccc3)C(=O)[C@H]12. The molecule has 3 heterocycles. The smallest absolute Gasteiger partial charge is 0.291 e. The Bertz CT molecular complexity index is 1100. The predicted molar refractivity (Wildman–Crippen MR) is 110 cm³/mol. The summed E-state index contributed by atoms with van der Waals surface area (Å²) in [6.45, 7) is 0.233. The van der Waals surface area contributed by atoms with Gasteiger partial charge in [0, 0.05) is 12.1 Å². The Hall–Kier alpha value is -3.52. The second-order valence-corrected chi connectivity index (χ2v) is 8.44. The molecule has 158 valence electrons. The number of rotatable bonds is 5. The number of nitrogens with one attached hydrogen (secondary N) is 1. The molecule has 0 saturated carbocycles. The number of hydrogen-bond donors (Lipinski definition) is 3. The van der Waals surface area contributed by atoms with E-state index in [0.29, 0.717) is 17.7 Å². The van der Waals surface area contributed by atoms with Gasteiger partial charge in [-0.2, -0.15) is 0 Å². The van der Waals surface area contributed by atoms with E-state index in [4.69, 9.17) is 5.73 Å². The van der Waals surface area contributed by atoms with Crippen LogP contribution in [0.1, 0.15) is 17.5 Å². The second kappa shape index (κ2) is 7.02. The summed E-state index contributed by atoms with van der Waals surface area (Å²) in [6, 6.07) is 16.2. The maximum Gasteiger partial charge on any atom is 0.291 e. The van der Waals surface area contributed by atoms with Crippen molar-refractivity contribution in [1.29, 1.82) is 0 Å². The van der Waals surface area contributed by atoms with Gasteiger partial charge in [-0.3, -0.25) is 24.1 Å². The minimum Gasteiger partial charge on any atom is -0.369 e. The summed E-state index contributed by atoms with van der Waals surface area (Å²) in [5.41, 5.74) is 6.50. The summed E-state index contributed by atoms with van der Waals surface area (Å²) in [7, 11) is 0. The molecule has 3 aliphatic rings. The standard InChI is InChI=1S/C23H22N4O4/c24-17(28)12-16-18-19(23(26-16)14-8-4-5-9-15(14)25-22(23)31)21(30)27(20(18)29)11-10-13-6-2-1-3-7-13/h1-9,16,18-19,26H,10-12H2,(H2,24,28)(H,25,31)/p+1/t16-,18+,19-,23-/m0/s1. The van der Waals surface area contributed by atoms with Crippen LogP contribution in [0, 0.1) is 11.8 Å². The lowest BCUT2D eigenvalue weighted by Crippen LogP contribution is -2.99. The van der Waals surface area contributed by atoms with E-state index in [0.717, 1.165) is 5.56 Å². The largest absolute Gasteiger partial charge is 0.369 e. The van der Waals surface area contributed by atoms with Crippen molar-refractivity contribution in [2.75, 3.05) is 11.9 Å². The molecule has 1 spiro atoms. The number of para-hydroxylation sites is 1. The molecule has 4 atom stereocenters. The Morgan fingerprint density at radius 1 is 1.03 bits per heavy atom. The monoisotopic (exact) mass is 419 g/mol. The van der Waals surface area contributed by atoms with Gasteiger partial charge in [-0.15, -0.1) is 0 Å². The third-order valence-electron chi connectivity index (χ3n) is 6.77. The first-order valence-corrected chi connectivity index (χ1v) is 10.4. The van der Waals surface area contributed by atoms with Gasteiger partial charge in [0.15, 0.2) is 0 Å². The Labute approximate surface area is 178 Å². The summed E-state index contributed by atoms with van der Waals surface area (Å²) >= 11 is 0. The van der Waals surface area contributed by atoms with E-state index in [1.54, 1.807) is 29.6 Å². The Kier molecular flexibility index (Phi) is 4.40. The van der Waals surface area contributed by atoms with E-state index in [-0.39, 0.29) is 30.7 Å². The van der Waals surface area contributed by atoms with Crippen molar-refractivity contribution in [3.63, 3.8) is 0 Å². The van der Waals surface area contributed by atoms with Gasteiger partial charge in [0.2, 0.25) is 23.3 Å². The van der Waals surface area contributed by atoms with E-state index in [1.807, 2.05) is 30.3 Å². The third-order valence-corrected chi connectivity index (χ3v) is 6.77. The summed E-state index contributed by atoms with van der Waals surface area (Å²) in [6.07, 6.45) is 0.446. The van der Waals surface area contributed by atoms with Crippen molar-refractivity contribution < 1.29 is 24.5 Å². The number of fused-ring (bicyclic) bond motifs is 4. The quantitative estimate of drug-likeness (QED) is 0.565. The van der Waals surface area contributed by atoms with Crippen LogP contribution in [0.3, 0.4) is 0 Å². The van der Waals surface area contributed by atoms with Gasteiger partial charge in [0.25, 0.3) is 5.91 Å². The number of primary amides is 1. The fourth-order valence-electron chi connectivity index (χ4n) is 5.51. The molecule has 8 heteroatoms. The zero-order valence-corrected chi connectivity index (χ0v) is 16.8. The molecule has 2 aromatic carbocycles. The number of carbonyl (C=O) groups is 4. The van der Waals surface area contributed by atoms with Gasteiger partial charge in [-0.05, 0) is 18.1 Å². The normalized spacial score (nSPS) is 28.7. The summed E-state index contributed by atoms with van der Waals surface area (Å²) < 4.78 is 0. The molecule has 0 unspecified atom stereocenters. The topological polar surface area (TPSA) is 126 Å². The van der Waals surface area contributed by atoms with E-state index in [9.17, 15) is 19.2 Å². The van der Waals surface area contributed by atoms with Crippen LogP contribution >= 0.6 is 0 Å². The molecular weight excluding hydrogens is 396 g/mol. The lowest BCUT2D eigenvalue weighted by Gasteiger charge is -2.26. The minimum absolute atomic E-state index is 0.0795. The summed E-state index contributed by atoms with van der Waals surface area (Å²) in [5, 5.41) is 4.58. The molecule has 4 amide bonds. The lowest BCUT2D eigenvalue weighted by molar-refractivity contribution is -0.732. The molecule has 2 fully saturated rings. The van der Waals surface area contributed by atoms with Crippen molar-refractivity contribution in [1.82, 2.24) is 4.90 Å². The van der Waals surface area contributed by atoms with Gasteiger partial charge in [-0.1, -0.05) is 48.5 Å². The summed E-state index contributed by atoms with van der Waals surface area (Å²) in [4.78, 5) is 53.2. The minimum atomic E-state index is -1.27. The van der Waals surface area contributed by atoms with E-state index < -0.39 is 29.3 Å². The highest BCUT2D eigenvalue weighted by molar-refractivity contribution is 6.14. The summed E-state index contributed by atoms with van der Waals surface area (Å²) in [5.74, 6) is -3.23. The zero-order valence-electron chi connectivity index (χ0n) is 16.8. The molecule has 0 aromatic heterocycles. The first-order valence-electron chi connectivity index (χ1n) is 10.4. The lowest BCUT2D eigenvalue weighted by atomic mass is 9.76. The first kappa shape index (κ1) is 19.4. The van der Waals surface area contributed by atoms with Gasteiger partial charge in [0.1, 0.15) is 17.9 Å². The first-order chi connectivity index (χ1) is 14.9. The highest BCUT2D eigenvalue weighted by Gasteiger charge is 2.74. The van der Waals surface area contributed by atoms with Crippen LogP contribution in [-0.2, 0) is 31.1 Å². The number of anilines is 1. The number of imide groups is 1. The average molecular weight is 419 g/mol. The van der Waals surface area contributed by atoms with Crippen LogP contribution in [0.2, 0.25) is 0 Å². The van der Waals surface area contributed by atoms with Crippen LogP contribution in [0.25, 0.3) is 0 Å². The van der Waals surface area contributed by atoms with Crippen molar-refractivity contribution in [3.05, 3.63) is 65.7 Å². The van der Waals surface area contributed by atoms with Crippen molar-refractivity contribution in [2.24, 2.45) is 17.6 Å². The number of hydrogen-bond acceptors (Lipinski definition) is 4. The fourth-order valence-corrected chi connectivity index (χ4v) is 5.51. The molecule has 5 rings (SSSR count). The fraction of sp³-hybridized carbons (Fsp3) is 0.304. The maximum atomic E-state index is 13.6. The van der Waals surface area contributed by atoms with Crippen LogP contribution in [0.5, 0.6) is 0 Å². The molecule has 0 radical (unpaired) electrons. The van der Waals surface area contributed by atoms with Crippen molar-refractivity contribution in [3.8, 4) is 0 Å². The number of amides is 4. The number of carbonyl (C=O) groups excluding carboxylic acids is 4. The predicted octanol–water partition coefficient (Wildman–Crippen LogP) is -0.501. The van der Waals surface area contributed by atoms with Gasteiger partial charge in [-0.25, -0.2) is 0 Å². The van der Waals surface area contributed by atoms with Gasteiger partial charge in [0.05, 0.1) is 12.1 Å². The Morgan fingerprint density at radius 3 is 2.48 bits per heavy atom. The number of quaternary nitrogens is 1. The number of nitrogens with two attached hydrogens (primary N) is 2. The molecule has 8 nitrogen and oxygen atoms in total. The maximum absolute atomic E-state index is 13.6. The molecule has 31 heavy (non-hydrogen) atoms. The van der Waals surface area contributed by atoms with Crippen LogP contribution in [0.4, 0.5) is 5.69 Å². The van der Waals surface area contributed by atoms with Gasteiger partial charge >= 0.3 is 0 Å². The number of nitrogens with zero attached hydrogens (tertiary/aromatic N) is 1. The van der Waals surface area contributed by atoms with E-state index in [1.165, 1.54) is 4.90 Å². The Balaban J connectivity index is 1.53. The molecule has 5 N–H and O–H groups in total. The molecule has 0 aliphatic carbocycles. The zero-order chi connectivity index (χ0) is 21.8. The molecule has 2 aromatic rings. The highest BCUT2D eigenvalue weighted by atomic mass is 16.2. The van der Waals surface area contributed by atoms with Gasteiger partial charge < -0.3 is 16.4 Å². The van der Waals surface area contributed by atoms with Crippen LogP contribution in [-0.4, -0.2) is 41.1 Å². The second-order valence-electron chi connectivity index (χ2n) is 8.44. The highest BCUT2D eigenvalue weighted by Crippen LogP contribution is 2.49. The Morgan fingerprint density at radius 2 is 1.74 bits per heavy atom.